The Morgan fingerprint density at radius 1 is 1.59 bits per heavy atom. The lowest BCUT2D eigenvalue weighted by atomic mass is 10.2. The third-order valence-corrected chi connectivity index (χ3v) is 2.10. The Hall–Kier alpha value is -2.31. The molecule has 17 heavy (non-hydrogen) atoms. The van der Waals surface area contributed by atoms with Gasteiger partial charge < -0.3 is 15.2 Å². The van der Waals surface area contributed by atoms with E-state index in [1.807, 2.05) is 0 Å². The monoisotopic (exact) mass is 239 g/mol. The van der Waals surface area contributed by atoms with Crippen molar-refractivity contribution in [3.63, 3.8) is 0 Å². The van der Waals surface area contributed by atoms with Crippen molar-refractivity contribution in [2.45, 2.75) is 13.0 Å². The Balaban J connectivity index is 3.00. The number of amidine groups is 1. The number of rotatable bonds is 5. The van der Waals surface area contributed by atoms with Crippen LogP contribution in [0.1, 0.15) is 6.92 Å². The van der Waals surface area contributed by atoms with Crippen molar-refractivity contribution in [3.05, 3.63) is 28.3 Å². The highest BCUT2D eigenvalue weighted by molar-refractivity contribution is 5.81. The minimum Gasteiger partial charge on any atom is -0.490 e. The molecule has 0 aliphatic carbocycles. The van der Waals surface area contributed by atoms with E-state index < -0.39 is 11.0 Å². The highest BCUT2D eigenvalue weighted by Crippen LogP contribution is 2.31. The van der Waals surface area contributed by atoms with Crippen molar-refractivity contribution in [1.82, 2.24) is 0 Å². The summed E-state index contributed by atoms with van der Waals surface area (Å²) in [6.45, 7) is 1.58. The second-order valence-corrected chi connectivity index (χ2v) is 3.31. The van der Waals surface area contributed by atoms with Gasteiger partial charge >= 0.3 is 5.69 Å². The predicted octanol–water partition coefficient (Wildman–Crippen LogP) is 1.31. The lowest BCUT2D eigenvalue weighted by molar-refractivity contribution is -0.385. The maximum absolute atomic E-state index is 10.8. The highest BCUT2D eigenvalue weighted by Gasteiger charge is 2.17. The van der Waals surface area contributed by atoms with Crippen LogP contribution in [0.25, 0.3) is 0 Å². The maximum Gasteiger partial charge on any atom is 0.314 e. The summed E-state index contributed by atoms with van der Waals surface area (Å²) < 4.78 is 10.1. The Labute approximate surface area is 97.8 Å². The number of nitro groups is 1. The quantitative estimate of drug-likeness (QED) is 0.348. The third kappa shape index (κ3) is 3.07. The smallest absolute Gasteiger partial charge is 0.314 e. The molecule has 0 aliphatic heterocycles. The van der Waals surface area contributed by atoms with Crippen molar-refractivity contribution >= 4 is 11.5 Å². The summed E-state index contributed by atoms with van der Waals surface area (Å²) in [6, 6.07) is 4.18. The highest BCUT2D eigenvalue weighted by atomic mass is 16.6. The molecular formula is C10H13N3O4. The Kier molecular flexibility index (Phi) is 3.86. The molecule has 7 heteroatoms. The summed E-state index contributed by atoms with van der Waals surface area (Å²) in [5, 5.41) is 17.9. The summed E-state index contributed by atoms with van der Waals surface area (Å²) in [5.74, 6) is 0.265. The van der Waals surface area contributed by atoms with Crippen LogP contribution in [-0.2, 0) is 0 Å². The van der Waals surface area contributed by atoms with Gasteiger partial charge in [0, 0.05) is 0 Å². The van der Waals surface area contributed by atoms with Gasteiger partial charge in [-0.2, -0.15) is 0 Å². The van der Waals surface area contributed by atoms with E-state index in [0.29, 0.717) is 0 Å². The molecule has 7 nitrogen and oxygen atoms in total. The molecule has 0 saturated carbocycles. The van der Waals surface area contributed by atoms with E-state index in [1.165, 1.54) is 25.3 Å². The van der Waals surface area contributed by atoms with E-state index >= 15 is 0 Å². The molecule has 92 valence electrons. The summed E-state index contributed by atoms with van der Waals surface area (Å²) in [6.07, 6.45) is -0.636. The van der Waals surface area contributed by atoms with E-state index in [9.17, 15) is 10.1 Å². The molecule has 1 atom stereocenters. The van der Waals surface area contributed by atoms with Crippen molar-refractivity contribution in [1.29, 1.82) is 5.41 Å². The van der Waals surface area contributed by atoms with Gasteiger partial charge in [-0.3, -0.25) is 15.5 Å². The average Bonchev–Trinajstić information content (AvgIpc) is 2.28. The van der Waals surface area contributed by atoms with Crippen molar-refractivity contribution < 1.29 is 14.4 Å². The Morgan fingerprint density at radius 2 is 2.24 bits per heavy atom. The molecular weight excluding hydrogens is 226 g/mol. The summed E-state index contributed by atoms with van der Waals surface area (Å²) in [5.41, 5.74) is 5.04. The fraction of sp³-hybridized carbons (Fsp3) is 0.300. The topological polar surface area (TPSA) is 111 Å². The Bertz CT molecular complexity index is 447. The van der Waals surface area contributed by atoms with Crippen LogP contribution in [0.4, 0.5) is 5.69 Å². The van der Waals surface area contributed by atoms with Crippen molar-refractivity contribution in [3.8, 4) is 11.5 Å². The van der Waals surface area contributed by atoms with Crippen LogP contribution < -0.4 is 15.2 Å². The van der Waals surface area contributed by atoms with Crippen LogP contribution in [0.2, 0.25) is 0 Å². The molecule has 0 saturated heterocycles. The van der Waals surface area contributed by atoms with Gasteiger partial charge in [0.1, 0.15) is 11.6 Å². The van der Waals surface area contributed by atoms with Gasteiger partial charge in [-0.1, -0.05) is 0 Å². The van der Waals surface area contributed by atoms with Crippen LogP contribution in [0.15, 0.2) is 18.2 Å². The number of hydrogen-bond donors (Lipinski definition) is 2. The second-order valence-electron chi connectivity index (χ2n) is 3.31. The molecule has 0 aliphatic rings. The lowest BCUT2D eigenvalue weighted by Gasteiger charge is -2.13. The van der Waals surface area contributed by atoms with Crippen molar-refractivity contribution in [2.75, 3.05) is 7.11 Å². The van der Waals surface area contributed by atoms with Crippen molar-refractivity contribution in [2.24, 2.45) is 5.73 Å². The largest absolute Gasteiger partial charge is 0.490 e. The minimum atomic E-state index is -0.636. The number of ether oxygens (including phenoxy) is 2. The number of nitrogens with zero attached hydrogens (tertiary/aromatic N) is 1. The van der Waals surface area contributed by atoms with Crippen LogP contribution in [-0.4, -0.2) is 24.0 Å². The molecule has 3 N–H and O–H groups in total. The van der Waals surface area contributed by atoms with Gasteiger partial charge in [-0.15, -0.1) is 0 Å². The standard InChI is InChI=1S/C10H13N3O4/c1-6(10(11)12)17-7-3-4-9(16-2)8(5-7)13(14)15/h3-6H,1-2H3,(H3,11,12). The van der Waals surface area contributed by atoms with Gasteiger partial charge in [0.05, 0.1) is 18.1 Å². The molecule has 1 aromatic carbocycles. The fourth-order valence-corrected chi connectivity index (χ4v) is 1.15. The van der Waals surface area contributed by atoms with Gasteiger partial charge in [-0.25, -0.2) is 0 Å². The van der Waals surface area contributed by atoms with Crippen LogP contribution in [0.3, 0.4) is 0 Å². The summed E-state index contributed by atoms with van der Waals surface area (Å²) in [7, 11) is 1.35. The molecule has 0 radical (unpaired) electrons. The summed E-state index contributed by atoms with van der Waals surface area (Å²) >= 11 is 0. The zero-order chi connectivity index (χ0) is 13.0. The number of nitrogens with one attached hydrogen (secondary N) is 1. The second kappa shape index (κ2) is 5.15. The van der Waals surface area contributed by atoms with Crippen LogP contribution >= 0.6 is 0 Å². The zero-order valence-electron chi connectivity index (χ0n) is 9.47. The van der Waals surface area contributed by atoms with Crippen LogP contribution in [0, 0.1) is 15.5 Å². The number of methoxy groups -OCH3 is 1. The van der Waals surface area contributed by atoms with E-state index in [-0.39, 0.29) is 23.0 Å². The number of nitrogens with two attached hydrogens (primary N) is 1. The molecule has 0 aromatic heterocycles. The van der Waals surface area contributed by atoms with Crippen LogP contribution in [0.5, 0.6) is 11.5 Å². The first-order valence-corrected chi connectivity index (χ1v) is 4.78. The van der Waals surface area contributed by atoms with E-state index in [4.69, 9.17) is 20.6 Å². The van der Waals surface area contributed by atoms with Gasteiger partial charge in [0.2, 0.25) is 0 Å². The predicted molar refractivity (Wildman–Crippen MR) is 61.7 cm³/mol. The van der Waals surface area contributed by atoms with Gasteiger partial charge in [0.15, 0.2) is 11.9 Å². The maximum atomic E-state index is 10.8. The number of benzene rings is 1. The van der Waals surface area contributed by atoms with Gasteiger partial charge in [-0.05, 0) is 19.1 Å². The molecule has 0 amide bonds. The average molecular weight is 239 g/mol. The Morgan fingerprint density at radius 3 is 2.71 bits per heavy atom. The van der Waals surface area contributed by atoms with Gasteiger partial charge in [0.25, 0.3) is 0 Å². The fourth-order valence-electron chi connectivity index (χ4n) is 1.15. The lowest BCUT2D eigenvalue weighted by Crippen LogP contribution is -2.29. The molecule has 0 bridgehead atoms. The molecule has 0 fully saturated rings. The van der Waals surface area contributed by atoms with E-state index in [0.717, 1.165) is 0 Å². The molecule has 1 aromatic rings. The third-order valence-electron chi connectivity index (χ3n) is 2.10. The number of hydrogen-bond acceptors (Lipinski definition) is 5. The normalized spacial score (nSPS) is 11.6. The van der Waals surface area contributed by atoms with E-state index in [1.54, 1.807) is 6.92 Å². The first-order chi connectivity index (χ1) is 7.95. The first kappa shape index (κ1) is 12.8. The summed E-state index contributed by atoms with van der Waals surface area (Å²) in [4.78, 5) is 10.2. The molecule has 0 heterocycles. The molecule has 0 spiro atoms. The zero-order valence-corrected chi connectivity index (χ0v) is 9.47. The molecule has 1 rings (SSSR count). The van der Waals surface area contributed by atoms with E-state index in [2.05, 4.69) is 0 Å². The minimum absolute atomic E-state index is 0.150. The number of nitro benzene ring substituents is 1. The molecule has 1 unspecified atom stereocenters. The SMILES string of the molecule is COc1ccc(OC(C)C(=N)N)cc1[N+](=O)[O-]. The first-order valence-electron chi connectivity index (χ1n) is 4.78.